The second-order valence-electron chi connectivity index (χ2n) is 42.0. The zero-order valence-corrected chi connectivity index (χ0v) is 84.7. The molecule has 6 aliphatic rings. The topological polar surface area (TPSA) is 458 Å². The number of ether oxygens (including phenoxy) is 5. The maximum atomic E-state index is 13.1. The molecule has 20 rings (SSSR count). The first-order valence-electron chi connectivity index (χ1n) is 50.0. The number of aromatic amines is 5. The number of carbonyl (C=O) groups excluding carboxylic acids is 4. The molecule has 4 amide bonds. The van der Waals surface area contributed by atoms with Gasteiger partial charge in [0.2, 0.25) is 0 Å². The maximum absolute atomic E-state index is 13.1. The van der Waals surface area contributed by atoms with Crippen molar-refractivity contribution in [3.8, 4) is 0 Å². The van der Waals surface area contributed by atoms with Crippen LogP contribution < -0.4 is 27.8 Å². The van der Waals surface area contributed by atoms with E-state index in [0.29, 0.717) is 144 Å². The molecule has 0 spiro atoms. The first-order chi connectivity index (χ1) is 69.5. The molecule has 14 aromatic rings. The summed E-state index contributed by atoms with van der Waals surface area (Å²) in [5.41, 5.74) is 2.01. The molecule has 5 N–H and O–H groups in total. The second kappa shape index (κ2) is 44.5. The van der Waals surface area contributed by atoms with Crippen LogP contribution in [0.2, 0.25) is 0 Å². The van der Waals surface area contributed by atoms with Crippen LogP contribution >= 0.6 is 0 Å². The van der Waals surface area contributed by atoms with Crippen LogP contribution in [0.1, 0.15) is 267 Å². The summed E-state index contributed by atoms with van der Waals surface area (Å²) in [4.78, 5) is 161. The van der Waals surface area contributed by atoms with E-state index < -0.39 is 45.8 Å². The molecule has 5 aliphatic heterocycles. The molecular weight excluding hydrogens is 1880 g/mol. The van der Waals surface area contributed by atoms with Crippen LogP contribution in [-0.4, -0.2) is 236 Å². The highest BCUT2D eigenvalue weighted by atomic mass is 19.4. The number of hydrogen-bond acceptors (Lipinski definition) is 25. The molecule has 11 aromatic heterocycles. The summed E-state index contributed by atoms with van der Waals surface area (Å²) in [6.45, 7) is 29.9. The Morgan fingerprint density at radius 3 is 1.15 bits per heavy atom. The molecule has 0 bridgehead atoms. The summed E-state index contributed by atoms with van der Waals surface area (Å²) < 4.78 is 75.5. The Morgan fingerprint density at radius 2 is 0.740 bits per heavy atom. The van der Waals surface area contributed by atoms with Crippen molar-refractivity contribution in [2.24, 2.45) is 5.92 Å². The van der Waals surface area contributed by atoms with Gasteiger partial charge in [0.1, 0.15) is 78.5 Å². The minimum absolute atomic E-state index is 0.0117. The van der Waals surface area contributed by atoms with Gasteiger partial charge in [-0.25, -0.2) is 67.5 Å². The number of H-pyrrole nitrogens is 5. The van der Waals surface area contributed by atoms with Gasteiger partial charge in [0.05, 0.1) is 66.8 Å². The van der Waals surface area contributed by atoms with Crippen LogP contribution in [0.25, 0.3) is 55.2 Å². The lowest BCUT2D eigenvalue weighted by atomic mass is 10.0. The van der Waals surface area contributed by atoms with Gasteiger partial charge < -0.3 is 68.2 Å². The number of alkyl halides is 3. The van der Waals surface area contributed by atoms with E-state index in [1.54, 1.807) is 85.3 Å². The number of carbonyl (C=O) groups is 4. The van der Waals surface area contributed by atoms with Gasteiger partial charge in [-0.05, 0) is 182 Å². The van der Waals surface area contributed by atoms with Crippen LogP contribution in [-0.2, 0) is 55.5 Å². The highest BCUT2D eigenvalue weighted by molar-refractivity contribution is 5.78. The number of fused-ring (bicyclic) bond motifs is 5. The van der Waals surface area contributed by atoms with E-state index in [-0.39, 0.29) is 94.3 Å². The average molecular weight is 2010 g/mol. The molecule has 1 aliphatic carbocycles. The summed E-state index contributed by atoms with van der Waals surface area (Å²) in [6.07, 6.45) is 17.7. The third-order valence-corrected chi connectivity index (χ3v) is 26.0. The van der Waals surface area contributed by atoms with Crippen LogP contribution in [0.15, 0.2) is 164 Å². The van der Waals surface area contributed by atoms with Crippen LogP contribution in [0.5, 0.6) is 0 Å². The SMILES string of the molecule is CC(C)(C)OC(=O)N1CCC(n2ncc3c(=O)[nH]c(Cc4ccccc4)nc32)C1.CC(C)(C)OC(=O)N1CCCC(n2ncc3c(=O)[nH]c(CC4CCCC4)nc32)C1.CC(C)(C)OC(=O)N1CCCC(n2ncc3c(=O)[nH]c(Cc4cccc(C(F)(F)F)c4)nc32)C1.CC(C)(C)OC(=O)N1CCCC(n2ncc3c(=O)[nH]c(Cc4ccccn4)nc32)C1.CC(c1ccccc1)c1nc2c(cnn2C2CCOCC2)c(=O)[nH]1. The summed E-state index contributed by atoms with van der Waals surface area (Å²) in [7, 11) is 0. The molecule has 146 heavy (non-hydrogen) atoms. The number of likely N-dealkylation sites (tertiary alicyclic amines) is 4. The lowest BCUT2D eigenvalue weighted by molar-refractivity contribution is -0.137. The molecule has 774 valence electrons. The fourth-order valence-electron chi connectivity index (χ4n) is 19.0. The van der Waals surface area contributed by atoms with Crippen molar-refractivity contribution in [1.82, 2.24) is 123 Å². The quantitative estimate of drug-likeness (QED) is 0.0595. The molecule has 6 fully saturated rings. The van der Waals surface area contributed by atoms with Gasteiger partial charge in [-0.3, -0.25) is 29.0 Å². The molecular formula is C104H128F3N25O14. The normalized spacial score (nSPS) is 18.0. The van der Waals surface area contributed by atoms with Crippen LogP contribution in [0.3, 0.4) is 0 Å². The van der Waals surface area contributed by atoms with E-state index in [0.717, 1.165) is 112 Å². The standard InChI is InChI=1S/C23H26F3N5O3.C21H26N6O3.C21H31N5O3.C21H25N5O3.C18H20N4O2/c1-22(2,3)34-21(33)30-9-5-8-16(13-30)31-19-17(12-27-31)20(32)29-18(28-19)11-14-6-4-7-15(10-14)23(24,25)26;1-21(2,3)30-20(29)26-10-6-8-15(13-26)27-18-16(12-23-27)19(28)25-17(24-18)11-14-7-4-5-9-22-14;1-21(2,3)29-20(28)25-10-6-9-15(13-25)26-18-16(12-22-26)19(27)24-17(23-18)11-14-7-4-5-8-14;1-21(2,3)29-20(28)25-10-9-15(13-25)26-18-16(12-22-26)19(27)24-17(23-18)11-14-7-5-4-6-8-14;1-12(13-5-3-2-4-6-13)16-20-17-15(18(23)21-16)11-19-22(17)14-7-9-24-10-8-14/h4,6-7,10,12,16H,5,8-9,11,13H2,1-3H3,(H,28,29,32);4-5,7,9,12,15H,6,8,10-11,13H2,1-3H3,(H,24,25,28);12,14-15H,4-11,13H2,1-3H3,(H,23,24,27);4-8,12,15H,9-11,13H2,1-3H3,(H,23,24,27);2-6,11-12,14H,7-10H2,1H3,(H,20,21,23). The molecule has 39 nitrogen and oxygen atoms in total. The highest BCUT2D eigenvalue weighted by Gasteiger charge is 2.38. The van der Waals surface area contributed by atoms with Gasteiger partial charge in [0.15, 0.2) is 28.2 Å². The lowest BCUT2D eigenvalue weighted by Crippen LogP contribution is -2.43. The van der Waals surface area contributed by atoms with E-state index in [1.165, 1.54) is 44.1 Å². The number of pyridine rings is 1. The largest absolute Gasteiger partial charge is 0.444 e. The predicted molar refractivity (Wildman–Crippen MR) is 540 cm³/mol. The van der Waals surface area contributed by atoms with Crippen molar-refractivity contribution >= 4 is 79.5 Å². The molecule has 42 heteroatoms. The van der Waals surface area contributed by atoms with Gasteiger partial charge in [-0.2, -0.15) is 38.7 Å². The number of hydrogen-bond donors (Lipinski definition) is 5. The van der Waals surface area contributed by atoms with Crippen molar-refractivity contribution in [3.05, 3.63) is 249 Å². The van der Waals surface area contributed by atoms with Crippen molar-refractivity contribution in [2.75, 3.05) is 65.6 Å². The average Bonchev–Trinajstić information content (AvgIpc) is 1.58. The Kier molecular flexibility index (Phi) is 31.8. The number of rotatable bonds is 15. The number of aromatic nitrogens is 21. The Balaban J connectivity index is 0.000000131. The van der Waals surface area contributed by atoms with Gasteiger partial charge in [-0.15, -0.1) is 0 Å². The number of benzene rings is 3. The smallest absolute Gasteiger partial charge is 0.416 e. The molecule has 5 atom stereocenters. The van der Waals surface area contributed by atoms with Crippen LogP contribution in [0, 0.1) is 5.92 Å². The Labute approximate surface area is 839 Å². The number of piperidine rings is 3. The van der Waals surface area contributed by atoms with Crippen molar-refractivity contribution in [1.29, 1.82) is 0 Å². The van der Waals surface area contributed by atoms with Crippen molar-refractivity contribution in [2.45, 2.75) is 264 Å². The fourth-order valence-corrected chi connectivity index (χ4v) is 19.0. The molecule has 16 heterocycles. The number of halogens is 3. The third kappa shape index (κ3) is 26.4. The first kappa shape index (κ1) is 104. The van der Waals surface area contributed by atoms with Gasteiger partial charge in [0, 0.05) is 109 Å². The fraction of sp³-hybridized carbons (Fsp3) is 0.500. The summed E-state index contributed by atoms with van der Waals surface area (Å²) in [5.74, 6) is 3.40. The van der Waals surface area contributed by atoms with Gasteiger partial charge in [-0.1, -0.05) is 118 Å². The predicted octanol–water partition coefficient (Wildman–Crippen LogP) is 15.9. The van der Waals surface area contributed by atoms with E-state index in [2.05, 4.69) is 77.3 Å². The minimum atomic E-state index is -4.46. The Bertz CT molecular complexity index is 7250. The Hall–Kier alpha value is -14.6. The van der Waals surface area contributed by atoms with E-state index in [9.17, 15) is 56.3 Å². The third-order valence-electron chi connectivity index (χ3n) is 26.0. The maximum Gasteiger partial charge on any atom is 0.416 e. The molecule has 0 radical (unpaired) electrons. The zero-order valence-electron chi connectivity index (χ0n) is 84.7. The van der Waals surface area contributed by atoms with Crippen LogP contribution in [0.4, 0.5) is 32.3 Å². The number of nitrogens with zero attached hydrogens (tertiary/aromatic N) is 20. The van der Waals surface area contributed by atoms with Crippen molar-refractivity contribution in [3.63, 3.8) is 0 Å². The monoisotopic (exact) mass is 2010 g/mol. The number of nitrogens with one attached hydrogen (secondary N) is 5. The molecule has 5 saturated heterocycles. The molecule has 3 aromatic carbocycles. The summed E-state index contributed by atoms with van der Waals surface area (Å²) in [5, 5.41) is 24.3. The van der Waals surface area contributed by atoms with Crippen molar-refractivity contribution < 1.29 is 56.0 Å². The number of amides is 4. The lowest BCUT2D eigenvalue weighted by Gasteiger charge is -2.34. The Morgan fingerprint density at radius 1 is 0.384 bits per heavy atom. The second-order valence-corrected chi connectivity index (χ2v) is 42.0. The van der Waals surface area contributed by atoms with Gasteiger partial charge in [0.25, 0.3) is 27.8 Å². The zero-order chi connectivity index (χ0) is 104. The minimum Gasteiger partial charge on any atom is -0.444 e. The van der Waals surface area contributed by atoms with Gasteiger partial charge >= 0.3 is 30.5 Å². The molecule has 5 unspecified atom stereocenters. The van der Waals surface area contributed by atoms with E-state index in [1.807, 2.05) is 151 Å². The molecule has 1 saturated carbocycles. The van der Waals surface area contributed by atoms with E-state index >= 15 is 0 Å². The highest BCUT2D eigenvalue weighted by Crippen LogP contribution is 2.36. The summed E-state index contributed by atoms with van der Waals surface area (Å²) >= 11 is 0. The van der Waals surface area contributed by atoms with E-state index in [4.69, 9.17) is 33.7 Å². The summed E-state index contributed by atoms with van der Waals surface area (Å²) in [6, 6.07) is 30.4. The first-order valence-corrected chi connectivity index (χ1v) is 50.0.